The van der Waals surface area contributed by atoms with Crippen LogP contribution < -0.4 is 5.32 Å². The van der Waals surface area contributed by atoms with Crippen LogP contribution in [0.3, 0.4) is 0 Å². The molecule has 1 aromatic heterocycles. The summed E-state index contributed by atoms with van der Waals surface area (Å²) in [5.41, 5.74) is 1.02. The van der Waals surface area contributed by atoms with Gasteiger partial charge in [0.15, 0.2) is 5.96 Å². The van der Waals surface area contributed by atoms with Gasteiger partial charge in [-0.3, -0.25) is 9.89 Å². The Morgan fingerprint density at radius 1 is 1.21 bits per heavy atom. The summed E-state index contributed by atoms with van der Waals surface area (Å²) in [6.07, 6.45) is 8.25. The Bertz CT molecular complexity index is 594. The quantitative estimate of drug-likeness (QED) is 0.196. The molecule has 1 N–H and O–H groups in total. The minimum Gasteiger partial charge on any atom is -0.376 e. The van der Waals surface area contributed by atoms with E-state index in [1.54, 1.807) is 0 Å². The van der Waals surface area contributed by atoms with Crippen LogP contribution in [0, 0.1) is 6.92 Å². The standard InChI is InChI=1S/C21H37N5O2.HI/c1-3-22-21(23-10-15-27-20-8-6-4-5-7-9-20)26-13-11-25(12-14-26)17-19-16-18(2)28-24-19;/h16,20H,3-15,17H2,1-2H3,(H,22,23);1H. The Morgan fingerprint density at radius 3 is 2.55 bits per heavy atom. The van der Waals surface area contributed by atoms with Gasteiger partial charge >= 0.3 is 0 Å². The maximum absolute atomic E-state index is 6.09. The molecule has 0 spiro atoms. The summed E-state index contributed by atoms with van der Waals surface area (Å²) in [6.45, 7) is 11.2. The van der Waals surface area contributed by atoms with Crippen LogP contribution in [0.5, 0.6) is 0 Å². The summed E-state index contributed by atoms with van der Waals surface area (Å²) < 4.78 is 11.3. The molecule has 1 aromatic rings. The second kappa shape index (κ2) is 13.4. The normalized spacial score (nSPS) is 19.7. The lowest BCUT2D eigenvalue weighted by Crippen LogP contribution is -2.52. The Kier molecular flexibility index (Phi) is 11.3. The van der Waals surface area contributed by atoms with Gasteiger partial charge in [0.05, 0.1) is 24.9 Å². The minimum atomic E-state index is 0. The van der Waals surface area contributed by atoms with E-state index >= 15 is 0 Å². The number of guanidine groups is 1. The Balaban J connectivity index is 0.00000300. The molecule has 166 valence electrons. The third kappa shape index (κ3) is 8.41. The van der Waals surface area contributed by atoms with Crippen LogP contribution in [0.2, 0.25) is 0 Å². The second-order valence-corrected chi connectivity index (χ2v) is 7.91. The molecule has 0 radical (unpaired) electrons. The molecule has 2 heterocycles. The molecule has 7 nitrogen and oxygen atoms in total. The van der Waals surface area contributed by atoms with Crippen molar-refractivity contribution in [1.29, 1.82) is 0 Å². The molecule has 0 aromatic carbocycles. The maximum Gasteiger partial charge on any atom is 0.194 e. The van der Waals surface area contributed by atoms with Crippen molar-refractivity contribution in [2.75, 3.05) is 45.9 Å². The van der Waals surface area contributed by atoms with Crippen molar-refractivity contribution in [3.63, 3.8) is 0 Å². The summed E-state index contributed by atoms with van der Waals surface area (Å²) in [5, 5.41) is 7.55. The first-order valence-corrected chi connectivity index (χ1v) is 11.0. The molecule has 1 saturated carbocycles. The Hall–Kier alpha value is -0.870. The van der Waals surface area contributed by atoms with Crippen LogP contribution in [0.15, 0.2) is 15.6 Å². The molecule has 1 saturated heterocycles. The molecule has 0 amide bonds. The zero-order valence-electron chi connectivity index (χ0n) is 18.1. The second-order valence-electron chi connectivity index (χ2n) is 7.91. The average Bonchev–Trinajstić information content (AvgIpc) is 2.94. The SMILES string of the molecule is CCNC(=NCCOC1CCCCCC1)N1CCN(Cc2cc(C)on2)CC1.I. The third-order valence-electron chi connectivity index (χ3n) is 5.58. The van der Waals surface area contributed by atoms with Crippen LogP contribution in [0.1, 0.15) is 56.9 Å². The van der Waals surface area contributed by atoms with Gasteiger partial charge in [-0.05, 0) is 26.7 Å². The highest BCUT2D eigenvalue weighted by Crippen LogP contribution is 2.19. The van der Waals surface area contributed by atoms with Gasteiger partial charge in [0.1, 0.15) is 5.76 Å². The summed E-state index contributed by atoms with van der Waals surface area (Å²) in [7, 11) is 0. The third-order valence-corrected chi connectivity index (χ3v) is 5.58. The van der Waals surface area contributed by atoms with Crippen molar-refractivity contribution < 1.29 is 9.26 Å². The smallest absolute Gasteiger partial charge is 0.194 e. The molecule has 0 bridgehead atoms. The van der Waals surface area contributed by atoms with Crippen LogP contribution in [-0.2, 0) is 11.3 Å². The number of nitrogens with zero attached hydrogens (tertiary/aromatic N) is 4. The summed E-state index contributed by atoms with van der Waals surface area (Å²) in [4.78, 5) is 9.60. The van der Waals surface area contributed by atoms with Gasteiger partial charge in [0, 0.05) is 45.3 Å². The molecular weight excluding hydrogens is 481 g/mol. The molecule has 8 heteroatoms. The number of halogens is 1. The van der Waals surface area contributed by atoms with Crippen LogP contribution in [0.25, 0.3) is 0 Å². The summed E-state index contributed by atoms with van der Waals surface area (Å²) >= 11 is 0. The highest BCUT2D eigenvalue weighted by Gasteiger charge is 2.20. The van der Waals surface area contributed by atoms with E-state index in [0.29, 0.717) is 6.10 Å². The summed E-state index contributed by atoms with van der Waals surface area (Å²) in [6, 6.07) is 2.02. The lowest BCUT2D eigenvalue weighted by atomic mass is 10.1. The molecule has 29 heavy (non-hydrogen) atoms. The number of hydrogen-bond donors (Lipinski definition) is 1. The van der Waals surface area contributed by atoms with Crippen molar-refractivity contribution in [3.05, 3.63) is 17.5 Å². The number of hydrogen-bond acceptors (Lipinski definition) is 5. The number of rotatable bonds is 7. The first-order valence-electron chi connectivity index (χ1n) is 11.0. The van der Waals surface area contributed by atoms with Gasteiger partial charge < -0.3 is 19.5 Å². The number of nitrogens with one attached hydrogen (secondary N) is 1. The first-order chi connectivity index (χ1) is 13.7. The Morgan fingerprint density at radius 2 is 1.93 bits per heavy atom. The van der Waals surface area contributed by atoms with Gasteiger partial charge in [0.25, 0.3) is 0 Å². The summed E-state index contributed by atoms with van der Waals surface area (Å²) in [5.74, 6) is 1.89. The molecule has 2 aliphatic rings. The Labute approximate surface area is 192 Å². The van der Waals surface area contributed by atoms with E-state index in [0.717, 1.165) is 69.8 Å². The predicted molar refractivity (Wildman–Crippen MR) is 127 cm³/mol. The fraction of sp³-hybridized carbons (Fsp3) is 0.810. The zero-order valence-corrected chi connectivity index (χ0v) is 20.4. The van der Waals surface area contributed by atoms with E-state index in [4.69, 9.17) is 14.3 Å². The predicted octanol–water partition coefficient (Wildman–Crippen LogP) is 3.42. The molecule has 3 rings (SSSR count). The van der Waals surface area contributed by atoms with Crippen LogP contribution in [0.4, 0.5) is 0 Å². The molecule has 0 atom stereocenters. The minimum absolute atomic E-state index is 0. The van der Waals surface area contributed by atoms with Crippen molar-refractivity contribution >= 4 is 29.9 Å². The number of aromatic nitrogens is 1. The van der Waals surface area contributed by atoms with Crippen molar-refractivity contribution in [1.82, 2.24) is 20.3 Å². The van der Waals surface area contributed by atoms with Crippen molar-refractivity contribution in [3.8, 4) is 0 Å². The van der Waals surface area contributed by atoms with Gasteiger partial charge in [0.2, 0.25) is 0 Å². The number of piperazine rings is 1. The van der Waals surface area contributed by atoms with E-state index < -0.39 is 0 Å². The van der Waals surface area contributed by atoms with Gasteiger partial charge in [-0.15, -0.1) is 24.0 Å². The van der Waals surface area contributed by atoms with E-state index in [1.165, 1.54) is 38.5 Å². The van der Waals surface area contributed by atoms with Crippen molar-refractivity contribution in [2.24, 2.45) is 4.99 Å². The highest BCUT2D eigenvalue weighted by molar-refractivity contribution is 14.0. The topological polar surface area (TPSA) is 66.1 Å². The molecule has 2 fully saturated rings. The molecular formula is C21H38IN5O2. The van der Waals surface area contributed by atoms with Crippen molar-refractivity contribution in [2.45, 2.75) is 65.0 Å². The first kappa shape index (κ1) is 24.4. The van der Waals surface area contributed by atoms with Crippen LogP contribution >= 0.6 is 24.0 Å². The van der Waals surface area contributed by atoms with Crippen LogP contribution in [-0.4, -0.2) is 72.9 Å². The zero-order chi connectivity index (χ0) is 19.6. The maximum atomic E-state index is 6.09. The van der Waals surface area contributed by atoms with E-state index in [-0.39, 0.29) is 24.0 Å². The fourth-order valence-corrected chi connectivity index (χ4v) is 4.04. The fourth-order valence-electron chi connectivity index (χ4n) is 4.04. The van der Waals surface area contributed by atoms with E-state index in [9.17, 15) is 0 Å². The lowest BCUT2D eigenvalue weighted by Gasteiger charge is -2.36. The molecule has 1 aliphatic carbocycles. The van der Waals surface area contributed by atoms with Gasteiger partial charge in [-0.2, -0.15) is 0 Å². The van der Waals surface area contributed by atoms with E-state index in [1.807, 2.05) is 13.0 Å². The largest absolute Gasteiger partial charge is 0.376 e. The number of aryl methyl sites for hydroxylation is 1. The lowest BCUT2D eigenvalue weighted by molar-refractivity contribution is 0.0485. The van der Waals surface area contributed by atoms with E-state index in [2.05, 4.69) is 27.2 Å². The average molecular weight is 519 g/mol. The number of aliphatic imine (C=N–C) groups is 1. The number of ether oxygens (including phenoxy) is 1. The van der Waals surface area contributed by atoms with Gasteiger partial charge in [-0.1, -0.05) is 30.8 Å². The molecule has 0 unspecified atom stereocenters. The highest BCUT2D eigenvalue weighted by atomic mass is 127. The van der Waals surface area contributed by atoms with Gasteiger partial charge in [-0.25, -0.2) is 0 Å². The monoisotopic (exact) mass is 519 g/mol. The molecule has 1 aliphatic heterocycles.